The second-order valence-corrected chi connectivity index (χ2v) is 11.5. The SMILES string of the molecule is CCOC(=O)c1c(NC(=O)c2cc(-c3ccc(Br)cc3)nc3ccccc23)sc(C(=O)OC(C)(C)C)c1C. The van der Waals surface area contributed by atoms with Crippen molar-refractivity contribution in [1.82, 2.24) is 4.98 Å². The minimum Gasteiger partial charge on any atom is -0.462 e. The molecule has 0 bridgehead atoms. The van der Waals surface area contributed by atoms with E-state index >= 15 is 0 Å². The van der Waals surface area contributed by atoms with E-state index in [0.29, 0.717) is 27.7 Å². The van der Waals surface area contributed by atoms with E-state index in [9.17, 15) is 14.4 Å². The number of para-hydroxylation sites is 1. The first-order valence-electron chi connectivity index (χ1n) is 12.0. The van der Waals surface area contributed by atoms with Crippen LogP contribution < -0.4 is 5.32 Å². The number of fused-ring (bicyclic) bond motifs is 1. The standard InChI is InChI=1S/C29H27BrN2O5S/c1-6-36-27(34)23-16(2)24(28(35)37-29(3,4)5)38-26(23)32-25(33)20-15-22(17-11-13-18(30)14-12-17)31-21-10-8-7-9-19(20)21/h7-15H,6H2,1-5H3,(H,32,33). The summed E-state index contributed by atoms with van der Waals surface area (Å²) < 4.78 is 11.7. The molecule has 0 saturated carbocycles. The molecule has 4 aromatic rings. The molecule has 0 aliphatic rings. The lowest BCUT2D eigenvalue weighted by Gasteiger charge is -2.19. The Balaban J connectivity index is 1.79. The van der Waals surface area contributed by atoms with Gasteiger partial charge in [0, 0.05) is 15.4 Å². The highest BCUT2D eigenvalue weighted by Crippen LogP contribution is 2.36. The van der Waals surface area contributed by atoms with Crippen molar-refractivity contribution in [2.45, 2.75) is 40.2 Å². The third-order valence-electron chi connectivity index (χ3n) is 5.54. The van der Waals surface area contributed by atoms with Gasteiger partial charge in [0.1, 0.15) is 15.5 Å². The normalized spacial score (nSPS) is 11.3. The first-order chi connectivity index (χ1) is 18.0. The molecule has 1 amide bonds. The summed E-state index contributed by atoms with van der Waals surface area (Å²) in [7, 11) is 0. The Morgan fingerprint density at radius 3 is 2.37 bits per heavy atom. The maximum absolute atomic E-state index is 13.7. The minimum atomic E-state index is -0.722. The zero-order valence-electron chi connectivity index (χ0n) is 21.7. The minimum absolute atomic E-state index is 0.137. The van der Waals surface area contributed by atoms with Gasteiger partial charge in [-0.15, -0.1) is 11.3 Å². The number of ether oxygens (including phenoxy) is 2. The molecule has 0 spiro atoms. The molecule has 9 heteroatoms. The van der Waals surface area contributed by atoms with Crippen LogP contribution in [0.5, 0.6) is 0 Å². The lowest BCUT2D eigenvalue weighted by atomic mass is 10.0. The molecular weight excluding hydrogens is 568 g/mol. The zero-order chi connectivity index (χ0) is 27.6. The highest BCUT2D eigenvalue weighted by Gasteiger charge is 2.30. The molecule has 38 heavy (non-hydrogen) atoms. The smallest absolute Gasteiger partial charge is 0.349 e. The van der Waals surface area contributed by atoms with Crippen molar-refractivity contribution >= 4 is 61.0 Å². The van der Waals surface area contributed by atoms with Gasteiger partial charge in [0.05, 0.1) is 28.9 Å². The van der Waals surface area contributed by atoms with Crippen molar-refractivity contribution < 1.29 is 23.9 Å². The molecule has 0 radical (unpaired) electrons. The van der Waals surface area contributed by atoms with Crippen LogP contribution in [-0.2, 0) is 9.47 Å². The Morgan fingerprint density at radius 2 is 1.71 bits per heavy atom. The number of benzene rings is 2. The third kappa shape index (κ3) is 5.95. The Labute approximate surface area is 233 Å². The predicted octanol–water partition coefficient (Wildman–Crippen LogP) is 7.42. The van der Waals surface area contributed by atoms with Gasteiger partial charge >= 0.3 is 11.9 Å². The lowest BCUT2D eigenvalue weighted by Crippen LogP contribution is -2.23. The van der Waals surface area contributed by atoms with Gasteiger partial charge in [-0.05, 0) is 64.4 Å². The molecule has 2 aromatic carbocycles. The van der Waals surface area contributed by atoms with E-state index in [1.54, 1.807) is 40.7 Å². The fraction of sp³-hybridized carbons (Fsp3) is 0.241. The van der Waals surface area contributed by atoms with Crippen LogP contribution in [-0.4, -0.2) is 35.0 Å². The Morgan fingerprint density at radius 1 is 1.03 bits per heavy atom. The molecule has 7 nitrogen and oxygen atoms in total. The number of nitrogens with one attached hydrogen (secondary N) is 1. The molecule has 0 aliphatic heterocycles. The highest BCUT2D eigenvalue weighted by molar-refractivity contribution is 9.10. The summed E-state index contributed by atoms with van der Waals surface area (Å²) in [6, 6.07) is 16.7. The first-order valence-corrected chi connectivity index (χ1v) is 13.6. The summed E-state index contributed by atoms with van der Waals surface area (Å²) in [4.78, 5) is 44.4. The van der Waals surface area contributed by atoms with Gasteiger partial charge in [-0.2, -0.15) is 0 Å². The number of anilines is 1. The summed E-state index contributed by atoms with van der Waals surface area (Å²) >= 11 is 4.43. The number of carbonyl (C=O) groups excluding carboxylic acids is 3. The molecule has 2 heterocycles. The van der Waals surface area contributed by atoms with E-state index < -0.39 is 23.4 Å². The summed E-state index contributed by atoms with van der Waals surface area (Å²) in [5.41, 5.74) is 2.32. The molecule has 1 N–H and O–H groups in total. The predicted molar refractivity (Wildman–Crippen MR) is 153 cm³/mol. The van der Waals surface area contributed by atoms with Crippen molar-refractivity contribution in [2.24, 2.45) is 0 Å². The van der Waals surface area contributed by atoms with Gasteiger partial charge in [-0.1, -0.05) is 46.3 Å². The zero-order valence-corrected chi connectivity index (χ0v) is 24.1. The van der Waals surface area contributed by atoms with Crippen molar-refractivity contribution in [2.75, 3.05) is 11.9 Å². The number of hydrogen-bond acceptors (Lipinski definition) is 7. The average Bonchev–Trinajstić information content (AvgIpc) is 3.18. The van der Waals surface area contributed by atoms with E-state index in [1.807, 2.05) is 48.5 Å². The van der Waals surface area contributed by atoms with Gasteiger partial charge < -0.3 is 14.8 Å². The van der Waals surface area contributed by atoms with Crippen LogP contribution in [0.3, 0.4) is 0 Å². The summed E-state index contributed by atoms with van der Waals surface area (Å²) in [6.45, 7) is 8.78. The molecule has 0 atom stereocenters. The van der Waals surface area contributed by atoms with E-state index in [-0.39, 0.29) is 22.0 Å². The number of thiophene rings is 1. The molecule has 196 valence electrons. The van der Waals surface area contributed by atoms with E-state index in [2.05, 4.69) is 21.2 Å². The topological polar surface area (TPSA) is 94.6 Å². The average molecular weight is 596 g/mol. The number of carbonyl (C=O) groups is 3. The quantitative estimate of drug-likeness (QED) is 0.233. The van der Waals surface area contributed by atoms with Gasteiger partial charge in [-0.25, -0.2) is 14.6 Å². The number of aromatic nitrogens is 1. The Bertz CT molecular complexity index is 1540. The molecule has 0 fully saturated rings. The van der Waals surface area contributed by atoms with Gasteiger partial charge in [-0.3, -0.25) is 4.79 Å². The molecule has 0 saturated heterocycles. The molecule has 0 aliphatic carbocycles. The highest BCUT2D eigenvalue weighted by atomic mass is 79.9. The van der Waals surface area contributed by atoms with Crippen LogP contribution in [0.4, 0.5) is 5.00 Å². The van der Waals surface area contributed by atoms with Crippen molar-refractivity contribution in [3.63, 3.8) is 0 Å². The number of pyridine rings is 1. The van der Waals surface area contributed by atoms with Gasteiger partial charge in [0.2, 0.25) is 0 Å². The van der Waals surface area contributed by atoms with Crippen molar-refractivity contribution in [1.29, 1.82) is 0 Å². The number of hydrogen-bond donors (Lipinski definition) is 1. The van der Waals surface area contributed by atoms with E-state index in [1.165, 1.54) is 0 Å². The van der Waals surface area contributed by atoms with Crippen LogP contribution in [0.1, 0.15) is 63.6 Å². The number of amides is 1. The van der Waals surface area contributed by atoms with Crippen LogP contribution in [0.2, 0.25) is 0 Å². The van der Waals surface area contributed by atoms with Crippen LogP contribution in [0.25, 0.3) is 22.2 Å². The van der Waals surface area contributed by atoms with E-state index in [4.69, 9.17) is 14.5 Å². The second kappa shape index (κ2) is 11.0. The largest absolute Gasteiger partial charge is 0.462 e. The fourth-order valence-corrected chi connectivity index (χ4v) is 5.20. The van der Waals surface area contributed by atoms with Crippen LogP contribution in [0, 0.1) is 6.92 Å². The lowest BCUT2D eigenvalue weighted by molar-refractivity contribution is 0.00744. The summed E-state index contributed by atoms with van der Waals surface area (Å²) in [5.74, 6) is -1.64. The summed E-state index contributed by atoms with van der Waals surface area (Å²) in [6.07, 6.45) is 0. The van der Waals surface area contributed by atoms with Crippen molar-refractivity contribution in [3.8, 4) is 11.3 Å². The monoisotopic (exact) mass is 594 g/mol. The third-order valence-corrected chi connectivity index (χ3v) is 7.25. The second-order valence-electron chi connectivity index (χ2n) is 9.52. The number of nitrogens with zero attached hydrogens (tertiary/aromatic N) is 1. The molecular formula is C29H27BrN2O5S. The Kier molecular flexibility index (Phi) is 7.99. The molecule has 0 unspecified atom stereocenters. The molecule has 4 rings (SSSR count). The fourth-order valence-electron chi connectivity index (χ4n) is 3.87. The Hall–Kier alpha value is -3.56. The maximum atomic E-state index is 13.7. The van der Waals surface area contributed by atoms with Crippen LogP contribution in [0.15, 0.2) is 59.1 Å². The summed E-state index contributed by atoms with van der Waals surface area (Å²) in [5, 5.41) is 3.74. The van der Waals surface area contributed by atoms with Crippen molar-refractivity contribution in [3.05, 3.63) is 80.6 Å². The number of rotatable bonds is 6. The number of halogens is 1. The molecule has 2 aromatic heterocycles. The maximum Gasteiger partial charge on any atom is 0.349 e. The van der Waals surface area contributed by atoms with E-state index in [0.717, 1.165) is 21.4 Å². The first kappa shape index (κ1) is 27.5. The van der Waals surface area contributed by atoms with Gasteiger partial charge in [0.15, 0.2) is 0 Å². The van der Waals surface area contributed by atoms with Crippen LogP contribution >= 0.6 is 27.3 Å². The number of esters is 2. The van der Waals surface area contributed by atoms with Gasteiger partial charge in [0.25, 0.3) is 5.91 Å².